The molecule has 0 saturated carbocycles. The smallest absolute Gasteiger partial charge is 0.239 e. The molecule has 2 rings (SSSR count). The highest BCUT2D eigenvalue weighted by atomic mass is 16.5. The van der Waals surface area contributed by atoms with Gasteiger partial charge in [0.25, 0.3) is 0 Å². The van der Waals surface area contributed by atoms with E-state index in [2.05, 4.69) is 30.7 Å². The summed E-state index contributed by atoms with van der Waals surface area (Å²) in [4.78, 5) is 6.90. The number of hydrogen-bond acceptors (Lipinski definition) is 4. The van der Waals surface area contributed by atoms with E-state index < -0.39 is 0 Å². The van der Waals surface area contributed by atoms with Gasteiger partial charge in [0, 0.05) is 13.1 Å². The minimum absolute atomic E-state index is 0.576. The van der Waals surface area contributed by atoms with Crippen LogP contribution in [-0.2, 0) is 0 Å². The lowest BCUT2D eigenvalue weighted by molar-refractivity contribution is 0.307. The topological polar surface area (TPSA) is 51.4 Å². The fourth-order valence-corrected chi connectivity index (χ4v) is 2.47. The molecule has 0 spiro atoms. The molecule has 4 heteroatoms. The second-order valence-corrected chi connectivity index (χ2v) is 5.65. The average molecular weight is 263 g/mol. The number of nitrogen functional groups attached to an aromatic ring is 1. The Morgan fingerprint density at radius 1 is 1.47 bits per heavy atom. The quantitative estimate of drug-likeness (QED) is 0.887. The molecular formula is C15H25N3O. The first-order chi connectivity index (χ1) is 9.11. The van der Waals surface area contributed by atoms with Crippen LogP contribution in [-0.4, -0.2) is 24.7 Å². The molecule has 1 unspecified atom stereocenters. The number of pyridine rings is 1. The maximum absolute atomic E-state index is 5.90. The summed E-state index contributed by atoms with van der Waals surface area (Å²) in [5.74, 6) is 3.06. The highest BCUT2D eigenvalue weighted by Gasteiger charge is 2.26. The van der Waals surface area contributed by atoms with E-state index >= 15 is 0 Å². The second kappa shape index (κ2) is 6.13. The van der Waals surface area contributed by atoms with Crippen LogP contribution in [0.5, 0.6) is 5.88 Å². The number of rotatable bonds is 5. The molecule has 106 valence electrons. The molecule has 1 aliphatic heterocycles. The van der Waals surface area contributed by atoms with Gasteiger partial charge in [-0.1, -0.05) is 20.8 Å². The highest BCUT2D eigenvalue weighted by molar-refractivity contribution is 5.54. The minimum atomic E-state index is 0.576. The third kappa shape index (κ3) is 3.31. The van der Waals surface area contributed by atoms with Gasteiger partial charge in [-0.3, -0.25) is 0 Å². The second-order valence-electron chi connectivity index (χ2n) is 5.65. The van der Waals surface area contributed by atoms with Gasteiger partial charge in [0.2, 0.25) is 5.88 Å². The summed E-state index contributed by atoms with van der Waals surface area (Å²) in [7, 11) is 0. The summed E-state index contributed by atoms with van der Waals surface area (Å²) < 4.78 is 5.60. The molecule has 0 radical (unpaired) electrons. The van der Waals surface area contributed by atoms with E-state index in [1.165, 1.54) is 6.42 Å². The molecule has 0 amide bonds. The van der Waals surface area contributed by atoms with Crippen molar-refractivity contribution in [3.05, 3.63) is 12.1 Å². The molecule has 2 N–H and O–H groups in total. The molecule has 1 fully saturated rings. The fraction of sp³-hybridized carbons (Fsp3) is 0.667. The van der Waals surface area contributed by atoms with Crippen molar-refractivity contribution in [3.8, 4) is 5.88 Å². The number of ether oxygens (including phenoxy) is 1. The number of hydrogen-bond donors (Lipinski definition) is 1. The number of nitrogens with two attached hydrogens (primary N) is 1. The van der Waals surface area contributed by atoms with Gasteiger partial charge in [0.15, 0.2) is 0 Å². The third-order valence-electron chi connectivity index (χ3n) is 3.81. The van der Waals surface area contributed by atoms with E-state index in [1.54, 1.807) is 0 Å². The van der Waals surface area contributed by atoms with Crippen LogP contribution >= 0.6 is 0 Å². The zero-order valence-electron chi connectivity index (χ0n) is 12.2. The van der Waals surface area contributed by atoms with Gasteiger partial charge in [0.1, 0.15) is 5.82 Å². The molecular weight excluding hydrogens is 238 g/mol. The molecule has 1 aliphatic rings. The predicted octanol–water partition coefficient (Wildman–Crippen LogP) is 2.93. The standard InChI is InChI=1S/C15H25N3O/c1-4-9-19-15-13(16)5-6-14(17-15)18-8-7-12(10-18)11(2)3/h5-6,11-12H,4,7-10,16H2,1-3H3. The van der Waals surface area contributed by atoms with E-state index in [1.807, 2.05) is 12.1 Å². The SMILES string of the molecule is CCCOc1nc(N2CCC(C(C)C)C2)ccc1N. The van der Waals surface area contributed by atoms with Gasteiger partial charge < -0.3 is 15.4 Å². The first kappa shape index (κ1) is 14.0. The Kier molecular flexibility index (Phi) is 4.51. The Morgan fingerprint density at radius 2 is 2.26 bits per heavy atom. The van der Waals surface area contributed by atoms with E-state index in [0.29, 0.717) is 18.2 Å². The van der Waals surface area contributed by atoms with Crippen LogP contribution < -0.4 is 15.4 Å². The van der Waals surface area contributed by atoms with Gasteiger partial charge in [-0.2, -0.15) is 4.98 Å². The summed E-state index contributed by atoms with van der Waals surface area (Å²) >= 11 is 0. The van der Waals surface area contributed by atoms with Crippen molar-refractivity contribution >= 4 is 11.5 Å². The Balaban J connectivity index is 2.08. The molecule has 0 aromatic carbocycles. The zero-order valence-corrected chi connectivity index (χ0v) is 12.2. The minimum Gasteiger partial charge on any atom is -0.476 e. The van der Waals surface area contributed by atoms with Crippen LogP contribution in [0, 0.1) is 11.8 Å². The first-order valence-corrected chi connectivity index (χ1v) is 7.26. The zero-order chi connectivity index (χ0) is 13.8. The summed E-state index contributed by atoms with van der Waals surface area (Å²) in [6.45, 7) is 9.48. The van der Waals surface area contributed by atoms with Crippen LogP contribution in [0.3, 0.4) is 0 Å². The van der Waals surface area contributed by atoms with Crippen molar-refractivity contribution in [2.24, 2.45) is 11.8 Å². The average Bonchev–Trinajstić information content (AvgIpc) is 2.87. The van der Waals surface area contributed by atoms with Crippen LogP contribution in [0.25, 0.3) is 0 Å². The Bertz CT molecular complexity index is 420. The largest absolute Gasteiger partial charge is 0.476 e. The Morgan fingerprint density at radius 3 is 2.89 bits per heavy atom. The summed E-state index contributed by atoms with van der Waals surface area (Å²) in [5.41, 5.74) is 6.52. The van der Waals surface area contributed by atoms with Gasteiger partial charge in [-0.25, -0.2) is 0 Å². The molecule has 1 aromatic heterocycles. The van der Waals surface area contributed by atoms with E-state index in [4.69, 9.17) is 10.5 Å². The lowest BCUT2D eigenvalue weighted by Crippen LogP contribution is -2.22. The molecule has 4 nitrogen and oxygen atoms in total. The molecule has 2 heterocycles. The van der Waals surface area contributed by atoms with Gasteiger partial charge >= 0.3 is 0 Å². The number of aromatic nitrogens is 1. The molecule has 0 aliphatic carbocycles. The van der Waals surface area contributed by atoms with Crippen LogP contribution in [0.2, 0.25) is 0 Å². The normalized spacial score (nSPS) is 19.2. The summed E-state index contributed by atoms with van der Waals surface area (Å²) in [5, 5.41) is 0. The van der Waals surface area contributed by atoms with Crippen molar-refractivity contribution < 1.29 is 4.74 Å². The van der Waals surface area contributed by atoms with Crippen molar-refractivity contribution in [1.82, 2.24) is 4.98 Å². The van der Waals surface area contributed by atoms with Gasteiger partial charge in [0.05, 0.1) is 12.3 Å². The Hall–Kier alpha value is -1.45. The van der Waals surface area contributed by atoms with Crippen molar-refractivity contribution in [1.29, 1.82) is 0 Å². The maximum Gasteiger partial charge on any atom is 0.239 e. The lowest BCUT2D eigenvalue weighted by atomic mass is 9.95. The molecule has 19 heavy (non-hydrogen) atoms. The fourth-order valence-electron chi connectivity index (χ4n) is 2.47. The van der Waals surface area contributed by atoms with E-state index in [9.17, 15) is 0 Å². The molecule has 1 atom stereocenters. The predicted molar refractivity (Wildman–Crippen MR) is 79.6 cm³/mol. The van der Waals surface area contributed by atoms with Gasteiger partial charge in [-0.15, -0.1) is 0 Å². The first-order valence-electron chi connectivity index (χ1n) is 7.26. The maximum atomic E-state index is 5.90. The van der Waals surface area contributed by atoms with E-state index in [-0.39, 0.29) is 0 Å². The van der Waals surface area contributed by atoms with Crippen LogP contribution in [0.4, 0.5) is 11.5 Å². The van der Waals surface area contributed by atoms with E-state index in [0.717, 1.165) is 37.2 Å². The monoisotopic (exact) mass is 263 g/mol. The lowest BCUT2D eigenvalue weighted by Gasteiger charge is -2.20. The molecule has 1 saturated heterocycles. The van der Waals surface area contributed by atoms with Crippen molar-refractivity contribution in [2.45, 2.75) is 33.6 Å². The van der Waals surface area contributed by atoms with Crippen molar-refractivity contribution in [3.63, 3.8) is 0 Å². The molecule has 0 bridgehead atoms. The third-order valence-corrected chi connectivity index (χ3v) is 3.81. The van der Waals surface area contributed by atoms with Gasteiger partial charge in [-0.05, 0) is 36.8 Å². The number of nitrogens with zero attached hydrogens (tertiary/aromatic N) is 2. The van der Waals surface area contributed by atoms with Crippen LogP contribution in [0.1, 0.15) is 33.6 Å². The summed E-state index contributed by atoms with van der Waals surface area (Å²) in [6.07, 6.45) is 2.21. The summed E-state index contributed by atoms with van der Waals surface area (Å²) in [6, 6.07) is 3.90. The van der Waals surface area contributed by atoms with Crippen LogP contribution in [0.15, 0.2) is 12.1 Å². The van der Waals surface area contributed by atoms with Crippen molar-refractivity contribution in [2.75, 3.05) is 30.3 Å². The Labute approximate surface area is 116 Å². The molecule has 1 aromatic rings. The number of anilines is 2. The highest BCUT2D eigenvalue weighted by Crippen LogP contribution is 2.29.